The molecule has 1 rings (SSSR count). The Balaban J connectivity index is 2.23. The van der Waals surface area contributed by atoms with Crippen LogP contribution in [0.15, 0.2) is 12.3 Å². The predicted octanol–water partition coefficient (Wildman–Crippen LogP) is 1.06. The fourth-order valence-corrected chi connectivity index (χ4v) is 1.13. The van der Waals surface area contributed by atoms with Crippen LogP contribution in [-0.4, -0.2) is 31.1 Å². The normalized spacial score (nSPS) is 20.1. The average Bonchev–Trinajstić information content (AvgIpc) is 2.03. The molecule has 1 N–H and O–H groups in total. The third-order valence-corrected chi connectivity index (χ3v) is 1.83. The lowest BCUT2D eigenvalue weighted by molar-refractivity contribution is 0.322. The minimum atomic E-state index is 0.671. The number of rotatable bonds is 2. The molecule has 1 fully saturated rings. The van der Waals surface area contributed by atoms with E-state index >= 15 is 0 Å². The number of hydrogen-bond acceptors (Lipinski definition) is 2. The van der Waals surface area contributed by atoms with Crippen LogP contribution in [-0.2, 0) is 0 Å². The molecular formula is C9H18N2. The summed E-state index contributed by atoms with van der Waals surface area (Å²) < 4.78 is 0. The van der Waals surface area contributed by atoms with Gasteiger partial charge in [-0.25, -0.2) is 0 Å². The second-order valence-corrected chi connectivity index (χ2v) is 3.37. The van der Waals surface area contributed by atoms with Gasteiger partial charge >= 0.3 is 0 Å². The maximum Gasteiger partial charge on any atom is 0.0298 e. The molecule has 0 amide bonds. The Labute approximate surface area is 69.3 Å². The summed E-state index contributed by atoms with van der Waals surface area (Å²) in [4.78, 5) is 2.37. The number of nitrogens with one attached hydrogen (secondary N) is 1. The standard InChI is InChI=1S/C9H18N2/c1-9(2)3-6-11-7-4-10-5-8-11/h3,6,9-10H,4-5,7-8H2,1-2H3. The highest BCUT2D eigenvalue weighted by Crippen LogP contribution is 1.98. The maximum absolute atomic E-state index is 3.33. The molecule has 0 aromatic rings. The van der Waals surface area contributed by atoms with Crippen molar-refractivity contribution in [3.05, 3.63) is 12.3 Å². The van der Waals surface area contributed by atoms with Crippen molar-refractivity contribution in [3.8, 4) is 0 Å². The van der Waals surface area contributed by atoms with Crippen LogP contribution in [0.5, 0.6) is 0 Å². The quantitative estimate of drug-likeness (QED) is 0.640. The molecule has 0 aromatic heterocycles. The summed E-state index contributed by atoms with van der Waals surface area (Å²) in [5, 5.41) is 3.33. The second-order valence-electron chi connectivity index (χ2n) is 3.37. The molecule has 0 aromatic carbocycles. The van der Waals surface area contributed by atoms with Gasteiger partial charge in [0.25, 0.3) is 0 Å². The molecule has 0 bridgehead atoms. The van der Waals surface area contributed by atoms with Gasteiger partial charge in [-0.05, 0) is 12.1 Å². The fourth-order valence-electron chi connectivity index (χ4n) is 1.13. The van der Waals surface area contributed by atoms with Crippen molar-refractivity contribution >= 4 is 0 Å². The van der Waals surface area contributed by atoms with Crippen LogP contribution in [0.1, 0.15) is 13.8 Å². The van der Waals surface area contributed by atoms with Crippen LogP contribution in [0, 0.1) is 5.92 Å². The van der Waals surface area contributed by atoms with Gasteiger partial charge in [0.15, 0.2) is 0 Å². The third kappa shape index (κ3) is 3.42. The van der Waals surface area contributed by atoms with Gasteiger partial charge < -0.3 is 10.2 Å². The van der Waals surface area contributed by atoms with Crippen LogP contribution >= 0.6 is 0 Å². The van der Waals surface area contributed by atoms with E-state index in [1.54, 1.807) is 0 Å². The first-order valence-corrected chi connectivity index (χ1v) is 4.42. The molecule has 1 saturated heterocycles. The van der Waals surface area contributed by atoms with Crippen LogP contribution < -0.4 is 5.32 Å². The summed E-state index contributed by atoms with van der Waals surface area (Å²) in [6.07, 6.45) is 4.48. The van der Waals surface area contributed by atoms with E-state index in [1.165, 1.54) is 0 Å². The molecule has 11 heavy (non-hydrogen) atoms. The summed E-state index contributed by atoms with van der Waals surface area (Å²) in [6.45, 7) is 8.98. The highest BCUT2D eigenvalue weighted by molar-refractivity contribution is 4.86. The van der Waals surface area contributed by atoms with Crippen molar-refractivity contribution in [2.24, 2.45) is 5.92 Å². The maximum atomic E-state index is 3.33. The van der Waals surface area contributed by atoms with Crippen molar-refractivity contribution in [2.75, 3.05) is 26.2 Å². The first kappa shape index (κ1) is 8.60. The second kappa shape index (κ2) is 4.39. The van der Waals surface area contributed by atoms with Crippen LogP contribution in [0.3, 0.4) is 0 Å². The lowest BCUT2D eigenvalue weighted by Crippen LogP contribution is -2.40. The van der Waals surface area contributed by atoms with Crippen molar-refractivity contribution in [2.45, 2.75) is 13.8 Å². The van der Waals surface area contributed by atoms with Gasteiger partial charge in [-0.15, -0.1) is 0 Å². The number of allylic oxidation sites excluding steroid dienone is 1. The van der Waals surface area contributed by atoms with Gasteiger partial charge in [0.05, 0.1) is 0 Å². The number of hydrogen-bond donors (Lipinski definition) is 1. The molecule has 64 valence electrons. The van der Waals surface area contributed by atoms with Crippen molar-refractivity contribution in [3.63, 3.8) is 0 Å². The largest absolute Gasteiger partial charge is 0.375 e. The first-order chi connectivity index (χ1) is 5.29. The molecule has 2 nitrogen and oxygen atoms in total. The van der Waals surface area contributed by atoms with E-state index in [0.29, 0.717) is 5.92 Å². The zero-order valence-electron chi connectivity index (χ0n) is 7.51. The molecule has 0 unspecified atom stereocenters. The zero-order chi connectivity index (χ0) is 8.10. The average molecular weight is 154 g/mol. The Morgan fingerprint density at radius 2 is 1.91 bits per heavy atom. The Hall–Kier alpha value is -0.500. The zero-order valence-corrected chi connectivity index (χ0v) is 7.51. The molecule has 0 aliphatic carbocycles. The summed E-state index contributed by atoms with van der Waals surface area (Å²) in [7, 11) is 0. The van der Waals surface area contributed by atoms with E-state index in [2.05, 4.69) is 36.3 Å². The summed E-state index contributed by atoms with van der Waals surface area (Å²) in [5.74, 6) is 0.671. The lowest BCUT2D eigenvalue weighted by Gasteiger charge is -2.25. The molecule has 1 aliphatic rings. The van der Waals surface area contributed by atoms with Gasteiger partial charge in [0, 0.05) is 26.2 Å². The number of piperazine rings is 1. The summed E-state index contributed by atoms with van der Waals surface area (Å²) in [6, 6.07) is 0. The Morgan fingerprint density at radius 3 is 2.45 bits per heavy atom. The first-order valence-electron chi connectivity index (χ1n) is 4.42. The van der Waals surface area contributed by atoms with E-state index in [9.17, 15) is 0 Å². The van der Waals surface area contributed by atoms with Gasteiger partial charge in [-0.1, -0.05) is 19.9 Å². The predicted molar refractivity (Wildman–Crippen MR) is 48.4 cm³/mol. The third-order valence-electron chi connectivity index (χ3n) is 1.83. The Morgan fingerprint density at radius 1 is 1.27 bits per heavy atom. The number of nitrogens with zero attached hydrogens (tertiary/aromatic N) is 1. The van der Waals surface area contributed by atoms with E-state index in [0.717, 1.165) is 26.2 Å². The Kier molecular flexibility index (Phi) is 3.43. The molecular weight excluding hydrogens is 136 g/mol. The van der Waals surface area contributed by atoms with Crippen molar-refractivity contribution < 1.29 is 0 Å². The highest BCUT2D eigenvalue weighted by Gasteiger charge is 2.03. The fraction of sp³-hybridized carbons (Fsp3) is 0.778. The highest BCUT2D eigenvalue weighted by atomic mass is 15.2. The minimum absolute atomic E-state index is 0.671. The SMILES string of the molecule is CC(C)C=CN1CCNCC1. The van der Waals surface area contributed by atoms with Gasteiger partial charge in [-0.2, -0.15) is 0 Å². The molecule has 0 spiro atoms. The van der Waals surface area contributed by atoms with Crippen molar-refractivity contribution in [1.82, 2.24) is 10.2 Å². The lowest BCUT2D eigenvalue weighted by atomic mass is 10.2. The minimum Gasteiger partial charge on any atom is -0.375 e. The van der Waals surface area contributed by atoms with Gasteiger partial charge in [0.2, 0.25) is 0 Å². The van der Waals surface area contributed by atoms with E-state index in [-0.39, 0.29) is 0 Å². The monoisotopic (exact) mass is 154 g/mol. The van der Waals surface area contributed by atoms with Gasteiger partial charge in [-0.3, -0.25) is 0 Å². The van der Waals surface area contributed by atoms with Crippen molar-refractivity contribution in [1.29, 1.82) is 0 Å². The topological polar surface area (TPSA) is 15.3 Å². The molecule has 0 saturated carbocycles. The van der Waals surface area contributed by atoms with E-state index in [1.807, 2.05) is 0 Å². The molecule has 1 aliphatic heterocycles. The van der Waals surface area contributed by atoms with E-state index in [4.69, 9.17) is 0 Å². The van der Waals surface area contributed by atoms with Crippen LogP contribution in [0.4, 0.5) is 0 Å². The van der Waals surface area contributed by atoms with Gasteiger partial charge in [0.1, 0.15) is 0 Å². The van der Waals surface area contributed by atoms with Crippen LogP contribution in [0.25, 0.3) is 0 Å². The smallest absolute Gasteiger partial charge is 0.0298 e. The van der Waals surface area contributed by atoms with E-state index < -0.39 is 0 Å². The summed E-state index contributed by atoms with van der Waals surface area (Å²) in [5.41, 5.74) is 0. The summed E-state index contributed by atoms with van der Waals surface area (Å²) >= 11 is 0. The molecule has 2 heteroatoms. The molecule has 0 radical (unpaired) electrons. The van der Waals surface area contributed by atoms with Crippen LogP contribution in [0.2, 0.25) is 0 Å². The molecule has 0 atom stereocenters. The Bertz CT molecular complexity index is 124. The molecule has 1 heterocycles.